The molecular formula is C12H17NO4. The number of Topliss-reactive ketones (excluding diaryl/α,β-unsaturated/α-hetero) is 1. The van der Waals surface area contributed by atoms with E-state index in [9.17, 15) is 9.59 Å². The van der Waals surface area contributed by atoms with Crippen LogP contribution in [0.4, 0.5) is 4.79 Å². The molecule has 5 heteroatoms. The van der Waals surface area contributed by atoms with Gasteiger partial charge in [-0.15, -0.1) is 6.42 Å². The van der Waals surface area contributed by atoms with Crippen molar-refractivity contribution in [2.24, 2.45) is 0 Å². The van der Waals surface area contributed by atoms with Crippen molar-refractivity contribution in [3.63, 3.8) is 0 Å². The zero-order valence-corrected chi connectivity index (χ0v) is 10.3. The minimum absolute atomic E-state index is 0.0925. The van der Waals surface area contributed by atoms with Gasteiger partial charge >= 0.3 is 6.09 Å². The van der Waals surface area contributed by atoms with Crippen LogP contribution in [0.2, 0.25) is 0 Å². The lowest BCUT2D eigenvalue weighted by molar-refractivity contribution is -0.119. The molecule has 17 heavy (non-hydrogen) atoms. The zero-order chi connectivity index (χ0) is 13.1. The summed E-state index contributed by atoms with van der Waals surface area (Å²) < 4.78 is 10.2. The van der Waals surface area contributed by atoms with Gasteiger partial charge in [-0.2, -0.15) is 0 Å². The molecule has 0 aromatic carbocycles. The van der Waals surface area contributed by atoms with Gasteiger partial charge in [0.1, 0.15) is 11.1 Å². The van der Waals surface area contributed by atoms with Crippen LogP contribution in [0.15, 0.2) is 0 Å². The van der Waals surface area contributed by atoms with E-state index >= 15 is 0 Å². The van der Waals surface area contributed by atoms with Gasteiger partial charge in [0.05, 0.1) is 6.61 Å². The van der Waals surface area contributed by atoms with Crippen molar-refractivity contribution in [3.8, 4) is 12.3 Å². The highest BCUT2D eigenvalue weighted by Gasteiger charge is 2.43. The van der Waals surface area contributed by atoms with Crippen LogP contribution < -0.4 is 5.32 Å². The number of hydrogen-bond acceptors (Lipinski definition) is 4. The molecule has 0 aliphatic carbocycles. The normalized spacial score (nSPS) is 23.9. The summed E-state index contributed by atoms with van der Waals surface area (Å²) in [5.41, 5.74) is -1.75. The van der Waals surface area contributed by atoms with Gasteiger partial charge in [-0.1, -0.05) is 0 Å². The van der Waals surface area contributed by atoms with E-state index in [1.165, 1.54) is 0 Å². The monoisotopic (exact) mass is 239 g/mol. The molecule has 0 aromatic heterocycles. The van der Waals surface area contributed by atoms with Gasteiger partial charge in [0.15, 0.2) is 0 Å². The van der Waals surface area contributed by atoms with Crippen LogP contribution in [-0.2, 0) is 14.3 Å². The molecule has 0 spiro atoms. The van der Waals surface area contributed by atoms with Crippen LogP contribution in [-0.4, -0.2) is 36.2 Å². The molecule has 1 rings (SSSR count). The smallest absolute Gasteiger partial charge is 0.408 e. The van der Waals surface area contributed by atoms with Crippen molar-refractivity contribution in [2.45, 2.75) is 38.3 Å². The van der Waals surface area contributed by atoms with Crippen LogP contribution >= 0.6 is 0 Å². The predicted molar refractivity (Wildman–Crippen MR) is 61.4 cm³/mol. The number of terminal acetylenes is 1. The Bertz CT molecular complexity index is 356. The first-order valence-electron chi connectivity index (χ1n) is 5.39. The molecule has 5 nitrogen and oxygen atoms in total. The van der Waals surface area contributed by atoms with E-state index in [1.807, 2.05) is 5.92 Å². The molecule has 1 heterocycles. The van der Waals surface area contributed by atoms with E-state index in [4.69, 9.17) is 15.9 Å². The Kier molecular flexibility index (Phi) is 3.79. The first kappa shape index (κ1) is 13.5. The highest BCUT2D eigenvalue weighted by molar-refractivity contribution is 6.04. The molecule has 1 saturated heterocycles. The van der Waals surface area contributed by atoms with Gasteiger partial charge in [-0.05, 0) is 26.7 Å². The second-order valence-corrected chi connectivity index (χ2v) is 4.99. The second-order valence-electron chi connectivity index (χ2n) is 4.99. The van der Waals surface area contributed by atoms with Crippen LogP contribution in [0.25, 0.3) is 0 Å². The molecule has 0 saturated carbocycles. The van der Waals surface area contributed by atoms with E-state index in [1.54, 1.807) is 20.8 Å². The van der Waals surface area contributed by atoms with E-state index in [2.05, 4.69) is 5.32 Å². The van der Waals surface area contributed by atoms with Crippen LogP contribution in [0.1, 0.15) is 27.2 Å². The summed E-state index contributed by atoms with van der Waals surface area (Å²) in [5, 5.41) is 2.52. The van der Waals surface area contributed by atoms with Gasteiger partial charge in [0.25, 0.3) is 0 Å². The summed E-state index contributed by atoms with van der Waals surface area (Å²) in [7, 11) is 0. The molecule has 1 N–H and O–H groups in total. The topological polar surface area (TPSA) is 64.6 Å². The highest BCUT2D eigenvalue weighted by atomic mass is 16.6. The zero-order valence-electron chi connectivity index (χ0n) is 10.3. The Balaban J connectivity index is 2.72. The first-order valence-corrected chi connectivity index (χ1v) is 5.39. The summed E-state index contributed by atoms with van der Waals surface area (Å²) in [4.78, 5) is 23.3. The molecule has 94 valence electrons. The maximum atomic E-state index is 11.7. The van der Waals surface area contributed by atoms with Crippen LogP contribution in [0.5, 0.6) is 0 Å². The average Bonchev–Trinajstić information content (AvgIpc) is 2.63. The SMILES string of the molecule is C#CC(=O)C1(NC(=O)OC(C)(C)C)CCOC1. The fraction of sp³-hybridized carbons (Fsp3) is 0.667. The quantitative estimate of drug-likeness (QED) is 0.573. The summed E-state index contributed by atoms with van der Waals surface area (Å²) in [6.07, 6.45) is 4.80. The highest BCUT2D eigenvalue weighted by Crippen LogP contribution is 2.20. The number of nitrogens with one attached hydrogen (secondary N) is 1. The minimum atomic E-state index is -1.13. The van der Waals surface area contributed by atoms with E-state index in [-0.39, 0.29) is 6.61 Å². The first-order chi connectivity index (χ1) is 7.79. The number of ketones is 1. The maximum Gasteiger partial charge on any atom is 0.408 e. The fourth-order valence-electron chi connectivity index (χ4n) is 1.54. The summed E-state index contributed by atoms with van der Waals surface area (Å²) >= 11 is 0. The van der Waals surface area contributed by atoms with E-state index < -0.39 is 23.0 Å². The van der Waals surface area contributed by atoms with Crippen LogP contribution in [0.3, 0.4) is 0 Å². The Morgan fingerprint density at radius 3 is 2.53 bits per heavy atom. The van der Waals surface area contributed by atoms with Crippen molar-refractivity contribution in [1.29, 1.82) is 0 Å². The lowest BCUT2D eigenvalue weighted by Crippen LogP contribution is -2.55. The third-order valence-electron chi connectivity index (χ3n) is 2.33. The molecule has 1 atom stereocenters. The van der Waals surface area contributed by atoms with Gasteiger partial charge in [-0.3, -0.25) is 4.79 Å². The lowest BCUT2D eigenvalue weighted by Gasteiger charge is -2.27. The molecule has 1 aliphatic heterocycles. The molecule has 0 radical (unpaired) electrons. The Morgan fingerprint density at radius 2 is 2.12 bits per heavy atom. The number of carbonyl (C=O) groups excluding carboxylic acids is 2. The van der Waals surface area contributed by atoms with Gasteiger partial charge in [-0.25, -0.2) is 4.79 Å². The standard InChI is InChI=1S/C12H17NO4/c1-5-9(14)12(6-7-16-8-12)13-10(15)17-11(2,3)4/h1H,6-8H2,2-4H3,(H,13,15). The van der Waals surface area contributed by atoms with Crippen molar-refractivity contribution >= 4 is 11.9 Å². The number of alkyl carbamates (subject to hydrolysis) is 1. The molecule has 1 aliphatic rings. The Morgan fingerprint density at radius 1 is 1.47 bits per heavy atom. The number of amides is 1. The van der Waals surface area contributed by atoms with Crippen molar-refractivity contribution in [3.05, 3.63) is 0 Å². The van der Waals surface area contributed by atoms with E-state index in [0.717, 1.165) is 0 Å². The maximum absolute atomic E-state index is 11.7. The predicted octanol–water partition coefficient (Wildman–Crippen LogP) is 0.872. The number of hydrogen-bond donors (Lipinski definition) is 1. The van der Waals surface area contributed by atoms with E-state index in [0.29, 0.717) is 13.0 Å². The van der Waals surface area contributed by atoms with Crippen molar-refractivity contribution < 1.29 is 19.1 Å². The summed E-state index contributed by atoms with van der Waals surface area (Å²) in [6.45, 7) is 5.71. The molecule has 1 amide bonds. The molecule has 0 aromatic rings. The van der Waals surface area contributed by atoms with Gasteiger partial charge in [0.2, 0.25) is 5.78 Å². The van der Waals surface area contributed by atoms with Crippen LogP contribution in [0, 0.1) is 12.3 Å². The Hall–Kier alpha value is -1.54. The fourth-order valence-corrected chi connectivity index (χ4v) is 1.54. The second kappa shape index (κ2) is 4.76. The minimum Gasteiger partial charge on any atom is -0.444 e. The number of rotatable bonds is 2. The lowest BCUT2D eigenvalue weighted by atomic mass is 9.93. The third kappa shape index (κ3) is 3.46. The summed E-state index contributed by atoms with van der Waals surface area (Å²) in [5.74, 6) is 1.54. The molecular weight excluding hydrogens is 222 g/mol. The molecule has 1 unspecified atom stereocenters. The number of ether oxygens (including phenoxy) is 2. The molecule has 1 fully saturated rings. The third-order valence-corrected chi connectivity index (χ3v) is 2.33. The van der Waals surface area contributed by atoms with Crippen molar-refractivity contribution in [2.75, 3.05) is 13.2 Å². The van der Waals surface area contributed by atoms with Gasteiger partial charge < -0.3 is 14.8 Å². The Labute approximate surface area is 101 Å². The number of carbonyl (C=O) groups is 2. The molecule has 0 bridgehead atoms. The summed E-state index contributed by atoms with van der Waals surface area (Å²) in [6, 6.07) is 0. The van der Waals surface area contributed by atoms with Gasteiger partial charge in [0, 0.05) is 13.0 Å². The largest absolute Gasteiger partial charge is 0.444 e. The average molecular weight is 239 g/mol. The van der Waals surface area contributed by atoms with Crippen molar-refractivity contribution in [1.82, 2.24) is 5.32 Å².